The lowest BCUT2D eigenvalue weighted by Crippen LogP contribution is -2.43. The van der Waals surface area contributed by atoms with Crippen LogP contribution in [0.1, 0.15) is 62.6 Å². The molecule has 2 aliphatic heterocycles. The molecule has 10 nitrogen and oxygen atoms in total. The number of carboxylic acid groups (broad SMARTS) is 1. The number of thioether (sulfide) groups is 1. The molecule has 1 atom stereocenters. The van der Waals surface area contributed by atoms with E-state index in [-0.39, 0.29) is 46.2 Å². The number of esters is 1. The predicted molar refractivity (Wildman–Crippen MR) is 149 cm³/mol. The lowest BCUT2D eigenvalue weighted by Gasteiger charge is -2.36. The molecule has 1 aromatic rings. The summed E-state index contributed by atoms with van der Waals surface area (Å²) in [5.41, 5.74) is 0.573. The van der Waals surface area contributed by atoms with Crippen LogP contribution in [0.3, 0.4) is 0 Å². The van der Waals surface area contributed by atoms with E-state index in [4.69, 9.17) is 22.1 Å². The van der Waals surface area contributed by atoms with Crippen LogP contribution in [0.2, 0.25) is 0 Å². The molecule has 1 N–H and O–H groups in total. The SMILES string of the molecule is CCCCn1c(N2CCCC(C(=O)OCC)C2)c(C=C2SC(=S)N(CCC(=O)O)C2=O)c(C)c(C#N)c1=O. The van der Waals surface area contributed by atoms with Gasteiger partial charge >= 0.3 is 11.9 Å². The number of carboxylic acids is 1. The summed E-state index contributed by atoms with van der Waals surface area (Å²) in [6.07, 6.45) is 4.30. The quantitative estimate of drug-likeness (QED) is 0.258. The number of hydrogen-bond acceptors (Lipinski definition) is 9. The monoisotopic (exact) mass is 560 g/mol. The van der Waals surface area contributed by atoms with Gasteiger partial charge in [-0.15, -0.1) is 0 Å². The average Bonchev–Trinajstić information content (AvgIpc) is 3.15. The van der Waals surface area contributed by atoms with Crippen molar-refractivity contribution < 1.29 is 24.2 Å². The third-order valence-corrected chi connectivity index (χ3v) is 8.00. The van der Waals surface area contributed by atoms with Crippen LogP contribution in [0, 0.1) is 24.2 Å². The molecule has 3 heterocycles. The normalized spacial score (nSPS) is 18.7. The molecule has 2 fully saturated rings. The number of unbranched alkanes of at least 4 members (excludes halogenated alkanes) is 1. The Hall–Kier alpha value is -3.17. The number of carbonyl (C=O) groups excluding carboxylic acids is 2. The van der Waals surface area contributed by atoms with E-state index in [0.717, 1.165) is 18.2 Å². The Labute approximate surface area is 231 Å². The number of carbonyl (C=O) groups is 3. The van der Waals surface area contributed by atoms with E-state index in [9.17, 15) is 24.4 Å². The third kappa shape index (κ3) is 6.27. The molecular weight excluding hydrogens is 528 g/mol. The second kappa shape index (κ2) is 13.1. The average molecular weight is 561 g/mol. The maximum Gasteiger partial charge on any atom is 0.310 e. The van der Waals surface area contributed by atoms with Crippen molar-refractivity contribution >= 4 is 58.0 Å². The molecule has 0 bridgehead atoms. The minimum Gasteiger partial charge on any atom is -0.481 e. The largest absolute Gasteiger partial charge is 0.481 e. The predicted octanol–water partition coefficient (Wildman–Crippen LogP) is 3.28. The van der Waals surface area contributed by atoms with Crippen molar-refractivity contribution in [3.05, 3.63) is 31.9 Å². The molecule has 2 saturated heterocycles. The number of ether oxygens (including phenoxy) is 1. The van der Waals surface area contributed by atoms with Crippen LogP contribution in [0.5, 0.6) is 0 Å². The van der Waals surface area contributed by atoms with E-state index in [1.807, 2.05) is 17.9 Å². The van der Waals surface area contributed by atoms with Gasteiger partial charge < -0.3 is 14.7 Å². The van der Waals surface area contributed by atoms with Gasteiger partial charge in [0.25, 0.3) is 11.5 Å². The van der Waals surface area contributed by atoms with Gasteiger partial charge in [-0.25, -0.2) is 0 Å². The number of amides is 1. The summed E-state index contributed by atoms with van der Waals surface area (Å²) in [6.45, 7) is 6.99. The molecule has 0 aliphatic carbocycles. The molecule has 0 aromatic carbocycles. The number of rotatable bonds is 10. The smallest absolute Gasteiger partial charge is 0.310 e. The zero-order valence-corrected chi connectivity index (χ0v) is 23.5. The highest BCUT2D eigenvalue weighted by molar-refractivity contribution is 8.26. The molecule has 12 heteroatoms. The summed E-state index contributed by atoms with van der Waals surface area (Å²) in [4.78, 5) is 53.8. The lowest BCUT2D eigenvalue weighted by molar-refractivity contribution is -0.148. The lowest BCUT2D eigenvalue weighted by atomic mass is 9.96. The first kappa shape index (κ1) is 29.4. The number of piperidine rings is 1. The second-order valence-electron chi connectivity index (χ2n) is 9.17. The van der Waals surface area contributed by atoms with E-state index in [1.54, 1.807) is 24.5 Å². The summed E-state index contributed by atoms with van der Waals surface area (Å²) >= 11 is 6.40. The molecule has 1 unspecified atom stereocenters. The van der Waals surface area contributed by atoms with Crippen molar-refractivity contribution in [2.75, 3.05) is 31.1 Å². The second-order valence-corrected chi connectivity index (χ2v) is 10.8. The topological polar surface area (TPSA) is 133 Å². The highest BCUT2D eigenvalue weighted by Gasteiger charge is 2.35. The van der Waals surface area contributed by atoms with E-state index in [0.29, 0.717) is 55.8 Å². The zero-order valence-electron chi connectivity index (χ0n) is 21.8. The van der Waals surface area contributed by atoms with Crippen molar-refractivity contribution in [3.63, 3.8) is 0 Å². The molecule has 0 saturated carbocycles. The Balaban J connectivity index is 2.17. The molecule has 0 radical (unpaired) electrons. The summed E-state index contributed by atoms with van der Waals surface area (Å²) in [6, 6.07) is 2.03. The van der Waals surface area contributed by atoms with Crippen LogP contribution in [0.4, 0.5) is 5.82 Å². The number of thiocarbonyl (C=S) groups is 1. The minimum atomic E-state index is -1.04. The third-order valence-electron chi connectivity index (χ3n) is 6.62. The summed E-state index contributed by atoms with van der Waals surface area (Å²) in [5.74, 6) is -1.55. The first-order chi connectivity index (χ1) is 18.1. The van der Waals surface area contributed by atoms with Crippen LogP contribution in [-0.4, -0.2) is 63.0 Å². The van der Waals surface area contributed by atoms with Crippen molar-refractivity contribution in [3.8, 4) is 6.07 Å². The molecule has 2 aliphatic rings. The van der Waals surface area contributed by atoms with Crippen molar-refractivity contribution in [2.24, 2.45) is 5.92 Å². The van der Waals surface area contributed by atoms with Crippen LogP contribution in [0.25, 0.3) is 6.08 Å². The number of nitrogens with zero attached hydrogens (tertiary/aromatic N) is 4. The maximum absolute atomic E-state index is 13.5. The van der Waals surface area contributed by atoms with Crippen LogP contribution >= 0.6 is 24.0 Å². The molecular formula is C26H32N4O6S2. The van der Waals surface area contributed by atoms with E-state index < -0.39 is 17.4 Å². The van der Waals surface area contributed by atoms with Gasteiger partial charge in [-0.1, -0.05) is 37.3 Å². The Bertz CT molecular complexity index is 1270. The number of hydrogen-bond donors (Lipinski definition) is 1. The van der Waals surface area contributed by atoms with Gasteiger partial charge in [0.2, 0.25) is 0 Å². The number of pyridine rings is 1. The Morgan fingerprint density at radius 1 is 1.29 bits per heavy atom. The summed E-state index contributed by atoms with van der Waals surface area (Å²) < 4.78 is 7.10. The molecule has 204 valence electrons. The zero-order chi connectivity index (χ0) is 28.0. The molecule has 0 spiro atoms. The number of aliphatic carboxylic acids is 1. The van der Waals surface area contributed by atoms with Gasteiger partial charge in [0.15, 0.2) is 0 Å². The summed E-state index contributed by atoms with van der Waals surface area (Å²) in [7, 11) is 0. The fraction of sp³-hybridized carbons (Fsp3) is 0.538. The van der Waals surface area contributed by atoms with Gasteiger partial charge in [0.1, 0.15) is 21.8 Å². The van der Waals surface area contributed by atoms with Gasteiger partial charge in [-0.3, -0.25) is 28.6 Å². The first-order valence-corrected chi connectivity index (χ1v) is 13.9. The highest BCUT2D eigenvalue weighted by atomic mass is 32.2. The maximum atomic E-state index is 13.5. The Morgan fingerprint density at radius 2 is 2.03 bits per heavy atom. The number of aromatic nitrogens is 1. The fourth-order valence-electron chi connectivity index (χ4n) is 4.66. The van der Waals surface area contributed by atoms with Gasteiger partial charge in [-0.2, -0.15) is 5.26 Å². The van der Waals surface area contributed by atoms with Crippen molar-refractivity contribution in [1.29, 1.82) is 5.26 Å². The highest BCUT2D eigenvalue weighted by Crippen LogP contribution is 2.37. The van der Waals surface area contributed by atoms with Crippen molar-refractivity contribution in [2.45, 2.75) is 59.4 Å². The van der Waals surface area contributed by atoms with Gasteiger partial charge in [0, 0.05) is 31.7 Å². The van der Waals surface area contributed by atoms with Crippen LogP contribution in [0.15, 0.2) is 9.70 Å². The Kier molecular flexibility index (Phi) is 10.1. The summed E-state index contributed by atoms with van der Waals surface area (Å²) in [5, 5.41) is 18.9. The van der Waals surface area contributed by atoms with Crippen molar-refractivity contribution in [1.82, 2.24) is 9.47 Å². The standard InChI is InChI=1S/C26H32N4O6S2/c1-4-6-11-29-22(28-10-7-8-17(15-28)25(35)36-5-2)18(16(3)19(14-27)23(29)33)13-20-24(34)30(26(37)38-20)12-9-21(31)32/h13,17H,4-12,15H2,1-3H3,(H,31,32). The molecule has 38 heavy (non-hydrogen) atoms. The molecule has 1 aromatic heterocycles. The number of nitriles is 1. The van der Waals surface area contributed by atoms with E-state index in [2.05, 4.69) is 0 Å². The van der Waals surface area contributed by atoms with Crippen LogP contribution < -0.4 is 10.5 Å². The molecule has 1 amide bonds. The first-order valence-electron chi connectivity index (χ1n) is 12.7. The van der Waals surface area contributed by atoms with Crippen LogP contribution in [-0.2, 0) is 25.7 Å². The van der Waals surface area contributed by atoms with E-state index >= 15 is 0 Å². The van der Waals surface area contributed by atoms with Gasteiger partial charge in [-0.05, 0) is 44.7 Å². The molecule has 3 rings (SSSR count). The fourth-order valence-corrected chi connectivity index (χ4v) is 5.95. The Morgan fingerprint density at radius 3 is 2.66 bits per heavy atom. The number of anilines is 1. The minimum absolute atomic E-state index is 0.00332. The van der Waals surface area contributed by atoms with E-state index in [1.165, 1.54) is 4.90 Å². The van der Waals surface area contributed by atoms with Gasteiger partial charge in [0.05, 0.1) is 23.9 Å².